The topological polar surface area (TPSA) is 75.6 Å². The highest BCUT2D eigenvalue weighted by atomic mass is 32.2. The Morgan fingerprint density at radius 1 is 1.30 bits per heavy atom. The minimum Gasteiger partial charge on any atom is -0.496 e. The number of ether oxygens (including phenoxy) is 1. The van der Waals surface area contributed by atoms with E-state index >= 15 is 0 Å². The first-order valence-corrected chi connectivity index (χ1v) is 8.87. The number of carbonyl (C=O) groups excluding carboxylic acids is 1. The van der Waals surface area contributed by atoms with E-state index in [9.17, 15) is 9.00 Å². The number of hydrogen-bond donors (Lipinski definition) is 2. The van der Waals surface area contributed by atoms with E-state index in [2.05, 4.69) is 4.72 Å². The lowest BCUT2D eigenvalue weighted by Gasteiger charge is -2.12. The predicted molar refractivity (Wildman–Crippen MR) is 93.4 cm³/mol. The maximum Gasteiger partial charge on any atom is 0.259 e. The van der Waals surface area contributed by atoms with Crippen LogP contribution in [0.4, 0.5) is 5.69 Å². The monoisotopic (exact) mass is 351 g/mol. The average Bonchev–Trinajstić information content (AvgIpc) is 2.53. The quantitative estimate of drug-likeness (QED) is 0.451. The summed E-state index contributed by atoms with van der Waals surface area (Å²) in [6, 6.07) is 12.6. The van der Waals surface area contributed by atoms with Crippen LogP contribution in [0.1, 0.15) is 22.8 Å². The summed E-state index contributed by atoms with van der Waals surface area (Å²) in [5.41, 5.74) is 1.86. The number of rotatable bonds is 7. The van der Waals surface area contributed by atoms with Crippen molar-refractivity contribution in [2.75, 3.05) is 11.8 Å². The second kappa shape index (κ2) is 8.14. The number of methoxy groups -OCH3 is 1. The van der Waals surface area contributed by atoms with E-state index < -0.39 is 11.3 Å². The lowest BCUT2D eigenvalue weighted by atomic mass is 10.1. The van der Waals surface area contributed by atoms with Gasteiger partial charge in [0.15, 0.2) is 5.78 Å². The van der Waals surface area contributed by atoms with Gasteiger partial charge in [-0.05, 0) is 42.8 Å². The van der Waals surface area contributed by atoms with Crippen molar-refractivity contribution >= 4 is 34.5 Å². The fourth-order valence-corrected chi connectivity index (χ4v) is 3.42. The van der Waals surface area contributed by atoms with Crippen molar-refractivity contribution in [1.29, 1.82) is 0 Å². The fraction of sp³-hybridized carbons (Fsp3) is 0.188. The molecule has 7 heteroatoms. The van der Waals surface area contributed by atoms with Crippen molar-refractivity contribution < 1.29 is 18.3 Å². The van der Waals surface area contributed by atoms with Gasteiger partial charge >= 0.3 is 0 Å². The Bertz CT molecular complexity index is 734. The lowest BCUT2D eigenvalue weighted by molar-refractivity contribution is 0.101. The summed E-state index contributed by atoms with van der Waals surface area (Å²) in [6.45, 7) is 1.49. The van der Waals surface area contributed by atoms with Gasteiger partial charge in [-0.25, -0.2) is 4.21 Å². The van der Waals surface area contributed by atoms with Gasteiger partial charge in [0.2, 0.25) is 0 Å². The molecule has 0 bridgehead atoms. The molecule has 23 heavy (non-hydrogen) atoms. The zero-order valence-electron chi connectivity index (χ0n) is 12.7. The number of para-hydroxylation sites is 1. The number of nitrogens with one attached hydrogen (secondary N) is 1. The predicted octanol–water partition coefficient (Wildman–Crippen LogP) is 3.74. The molecule has 0 spiro atoms. The van der Waals surface area contributed by atoms with Gasteiger partial charge in [0.25, 0.3) is 11.3 Å². The highest BCUT2D eigenvalue weighted by Gasteiger charge is 2.10. The van der Waals surface area contributed by atoms with Gasteiger partial charge in [0.05, 0.1) is 12.8 Å². The number of hydrogen-bond acceptors (Lipinski definition) is 4. The van der Waals surface area contributed by atoms with Gasteiger partial charge in [0, 0.05) is 16.2 Å². The Hall–Kier alpha value is -1.83. The van der Waals surface area contributed by atoms with E-state index in [0.717, 1.165) is 16.2 Å². The van der Waals surface area contributed by atoms with Crippen molar-refractivity contribution in [3.05, 3.63) is 53.6 Å². The molecule has 0 saturated carbocycles. The van der Waals surface area contributed by atoms with Crippen LogP contribution in [0.5, 0.6) is 5.75 Å². The Morgan fingerprint density at radius 2 is 2.04 bits per heavy atom. The third kappa shape index (κ3) is 4.82. The van der Waals surface area contributed by atoms with E-state index in [1.54, 1.807) is 25.3 Å². The molecule has 2 rings (SSSR count). The highest BCUT2D eigenvalue weighted by Crippen LogP contribution is 2.33. The number of benzene rings is 2. The van der Waals surface area contributed by atoms with Gasteiger partial charge in [0.1, 0.15) is 5.75 Å². The van der Waals surface area contributed by atoms with Gasteiger partial charge < -0.3 is 4.74 Å². The number of thioether (sulfide) groups is 1. The highest BCUT2D eigenvalue weighted by molar-refractivity contribution is 7.98. The van der Waals surface area contributed by atoms with E-state index in [1.165, 1.54) is 18.7 Å². The van der Waals surface area contributed by atoms with Crippen molar-refractivity contribution in [3.63, 3.8) is 0 Å². The van der Waals surface area contributed by atoms with Gasteiger partial charge in [-0.1, -0.05) is 12.1 Å². The van der Waals surface area contributed by atoms with Gasteiger partial charge in [-0.3, -0.25) is 14.1 Å². The minimum atomic E-state index is -2.17. The van der Waals surface area contributed by atoms with Crippen molar-refractivity contribution in [1.82, 2.24) is 0 Å². The Balaban J connectivity index is 2.27. The van der Waals surface area contributed by atoms with E-state index in [1.807, 2.05) is 24.3 Å². The molecule has 0 aliphatic carbocycles. The molecule has 5 nitrogen and oxygen atoms in total. The first-order valence-electron chi connectivity index (χ1n) is 6.78. The third-order valence-corrected chi connectivity index (χ3v) is 4.66. The van der Waals surface area contributed by atoms with Crippen LogP contribution in [0, 0.1) is 0 Å². The standard InChI is InChI=1S/C16H17NO4S2/c1-11(18)12-7-8-14(17-23(19)20)13(9-12)10-22-16-6-4-3-5-15(16)21-2/h3-9,17H,10H2,1-2H3,(H,19,20). The largest absolute Gasteiger partial charge is 0.496 e. The SMILES string of the molecule is COc1ccccc1SCc1cc(C(C)=O)ccc1NS(=O)O. The molecule has 0 amide bonds. The number of ketones is 1. The summed E-state index contributed by atoms with van der Waals surface area (Å²) in [5, 5.41) is 0. The van der Waals surface area contributed by atoms with Gasteiger partial charge in [-0.15, -0.1) is 11.8 Å². The molecule has 0 heterocycles. The first-order chi connectivity index (χ1) is 11.0. The van der Waals surface area contributed by atoms with Crippen LogP contribution in [-0.2, 0) is 17.0 Å². The summed E-state index contributed by atoms with van der Waals surface area (Å²) in [4.78, 5) is 12.5. The van der Waals surface area contributed by atoms with Crippen molar-refractivity contribution in [2.24, 2.45) is 0 Å². The average molecular weight is 351 g/mol. The van der Waals surface area contributed by atoms with Crippen LogP contribution in [0.3, 0.4) is 0 Å². The lowest BCUT2D eigenvalue weighted by Crippen LogP contribution is -2.05. The summed E-state index contributed by atoms with van der Waals surface area (Å²) in [5.74, 6) is 1.24. The van der Waals surface area contributed by atoms with Gasteiger partial charge in [-0.2, -0.15) is 0 Å². The van der Waals surface area contributed by atoms with E-state index in [0.29, 0.717) is 17.0 Å². The molecule has 0 aliphatic rings. The number of anilines is 1. The molecule has 0 aromatic heterocycles. The molecule has 0 radical (unpaired) electrons. The smallest absolute Gasteiger partial charge is 0.259 e. The summed E-state index contributed by atoms with van der Waals surface area (Å²) >= 11 is -0.638. The number of Topliss-reactive ketones (excluding diaryl/α,β-unsaturated/α-hetero) is 1. The molecule has 0 aliphatic heterocycles. The first kappa shape index (κ1) is 17.5. The van der Waals surface area contributed by atoms with E-state index in [-0.39, 0.29) is 5.78 Å². The molecule has 1 unspecified atom stereocenters. The minimum absolute atomic E-state index is 0.0507. The molecule has 0 saturated heterocycles. The summed E-state index contributed by atoms with van der Waals surface area (Å²) in [7, 11) is 1.61. The van der Waals surface area contributed by atoms with Crippen LogP contribution < -0.4 is 9.46 Å². The Labute approximate surface area is 141 Å². The molecular weight excluding hydrogens is 334 g/mol. The van der Waals surface area contributed by atoms with Crippen molar-refractivity contribution in [2.45, 2.75) is 17.6 Å². The Kier molecular flexibility index (Phi) is 6.20. The molecule has 0 fully saturated rings. The maximum atomic E-state index is 11.5. The molecule has 2 aromatic rings. The normalized spacial score (nSPS) is 11.8. The molecule has 1 atom stereocenters. The molecule has 2 aromatic carbocycles. The molecule has 122 valence electrons. The molecule has 2 N–H and O–H groups in total. The third-order valence-electron chi connectivity index (χ3n) is 3.16. The second-order valence-corrected chi connectivity index (χ2v) is 6.44. The summed E-state index contributed by atoms with van der Waals surface area (Å²) in [6.07, 6.45) is 0. The van der Waals surface area contributed by atoms with Crippen molar-refractivity contribution in [3.8, 4) is 5.75 Å². The van der Waals surface area contributed by atoms with Crippen LogP contribution in [0.2, 0.25) is 0 Å². The van der Waals surface area contributed by atoms with Crippen LogP contribution in [-0.4, -0.2) is 21.7 Å². The van der Waals surface area contributed by atoms with Crippen LogP contribution in [0.25, 0.3) is 0 Å². The molecular formula is C16H17NO4S2. The van der Waals surface area contributed by atoms with Crippen LogP contribution in [0.15, 0.2) is 47.4 Å². The van der Waals surface area contributed by atoms with Crippen LogP contribution >= 0.6 is 11.8 Å². The Morgan fingerprint density at radius 3 is 2.70 bits per heavy atom. The van der Waals surface area contributed by atoms with E-state index in [4.69, 9.17) is 9.29 Å². The summed E-state index contributed by atoms with van der Waals surface area (Å²) < 4.78 is 27.9. The maximum absolute atomic E-state index is 11.5. The fourth-order valence-electron chi connectivity index (χ4n) is 2.02. The zero-order valence-corrected chi connectivity index (χ0v) is 14.4. The number of carbonyl (C=O) groups is 1. The zero-order chi connectivity index (χ0) is 16.8. The second-order valence-electron chi connectivity index (χ2n) is 4.72.